The van der Waals surface area contributed by atoms with Crippen LogP contribution in [0.4, 0.5) is 0 Å². The summed E-state index contributed by atoms with van der Waals surface area (Å²) in [5.41, 5.74) is 4.20. The second-order valence-corrected chi connectivity index (χ2v) is 5.03. The number of carboxylic acids is 1. The monoisotopic (exact) mass is 280 g/mol. The molecular formula is C17H16N2O2. The second kappa shape index (κ2) is 5.05. The minimum Gasteiger partial charge on any atom is -0.478 e. The third-order valence-electron chi connectivity index (χ3n) is 3.65. The summed E-state index contributed by atoms with van der Waals surface area (Å²) in [5.74, 6) is -0.0853. The van der Waals surface area contributed by atoms with Crippen molar-refractivity contribution in [2.45, 2.75) is 20.3 Å². The number of benzene rings is 2. The molecule has 0 aliphatic rings. The Bertz CT molecular complexity index is 834. The predicted molar refractivity (Wildman–Crippen MR) is 82.1 cm³/mol. The molecule has 0 spiro atoms. The highest BCUT2D eigenvalue weighted by molar-refractivity contribution is 5.92. The topological polar surface area (TPSA) is 55.1 Å². The molecule has 4 nitrogen and oxygen atoms in total. The molecule has 0 saturated heterocycles. The summed E-state index contributed by atoms with van der Waals surface area (Å²) in [6, 6.07) is 13.4. The van der Waals surface area contributed by atoms with Gasteiger partial charge >= 0.3 is 5.97 Å². The van der Waals surface area contributed by atoms with Gasteiger partial charge in [0.25, 0.3) is 0 Å². The van der Waals surface area contributed by atoms with Gasteiger partial charge in [0, 0.05) is 5.69 Å². The maximum atomic E-state index is 11.1. The van der Waals surface area contributed by atoms with Crippen molar-refractivity contribution < 1.29 is 9.90 Å². The van der Waals surface area contributed by atoms with Crippen LogP contribution in [0.5, 0.6) is 0 Å². The predicted octanol–water partition coefficient (Wildman–Crippen LogP) is 3.59. The van der Waals surface area contributed by atoms with Crippen LogP contribution in [-0.4, -0.2) is 20.6 Å². The standard InChI is InChI=1S/C17H16N2O2/c1-3-12-5-4-6-14(9-12)19-11(2)18-15-10-13(17(20)21)7-8-16(15)19/h4-10H,3H2,1-2H3,(H,20,21). The minimum absolute atomic E-state index is 0.259. The molecule has 0 aliphatic carbocycles. The number of aromatic carboxylic acids is 1. The fourth-order valence-corrected chi connectivity index (χ4v) is 2.58. The SMILES string of the molecule is CCc1cccc(-n2c(C)nc3cc(C(=O)O)ccc32)c1. The van der Waals surface area contributed by atoms with Crippen LogP contribution in [0.2, 0.25) is 0 Å². The van der Waals surface area contributed by atoms with Crippen molar-refractivity contribution >= 4 is 17.0 Å². The molecule has 3 rings (SSSR count). The lowest BCUT2D eigenvalue weighted by molar-refractivity contribution is 0.0697. The fraction of sp³-hybridized carbons (Fsp3) is 0.176. The summed E-state index contributed by atoms with van der Waals surface area (Å²) in [6.45, 7) is 4.05. The van der Waals surface area contributed by atoms with E-state index in [0.717, 1.165) is 23.4 Å². The van der Waals surface area contributed by atoms with E-state index < -0.39 is 5.97 Å². The molecule has 0 radical (unpaired) electrons. The molecule has 1 N–H and O–H groups in total. The van der Waals surface area contributed by atoms with Gasteiger partial charge in [0.2, 0.25) is 0 Å². The van der Waals surface area contributed by atoms with Crippen molar-refractivity contribution in [1.29, 1.82) is 0 Å². The van der Waals surface area contributed by atoms with E-state index in [0.29, 0.717) is 5.52 Å². The van der Waals surface area contributed by atoms with Crippen LogP contribution in [-0.2, 0) is 6.42 Å². The average molecular weight is 280 g/mol. The number of aromatic nitrogens is 2. The number of imidazole rings is 1. The number of carbonyl (C=O) groups is 1. The molecule has 0 fully saturated rings. The van der Waals surface area contributed by atoms with Crippen molar-refractivity contribution in [3.8, 4) is 5.69 Å². The first-order chi connectivity index (χ1) is 10.1. The summed E-state index contributed by atoms with van der Waals surface area (Å²) in [4.78, 5) is 15.5. The Morgan fingerprint density at radius 1 is 1.24 bits per heavy atom. The molecule has 0 unspecified atom stereocenters. The number of aryl methyl sites for hydroxylation is 2. The Hall–Kier alpha value is -2.62. The molecule has 0 amide bonds. The molecule has 3 aromatic rings. The summed E-state index contributed by atoms with van der Waals surface area (Å²) in [5, 5.41) is 9.07. The van der Waals surface area contributed by atoms with Gasteiger partial charge in [0.1, 0.15) is 5.82 Å². The van der Waals surface area contributed by atoms with Gasteiger partial charge in [-0.15, -0.1) is 0 Å². The third kappa shape index (κ3) is 2.29. The Morgan fingerprint density at radius 3 is 2.76 bits per heavy atom. The molecular weight excluding hydrogens is 264 g/mol. The van der Waals surface area contributed by atoms with Gasteiger partial charge in [0.05, 0.1) is 16.6 Å². The lowest BCUT2D eigenvalue weighted by atomic mass is 10.1. The van der Waals surface area contributed by atoms with Gasteiger partial charge in [0.15, 0.2) is 0 Å². The Morgan fingerprint density at radius 2 is 2.05 bits per heavy atom. The zero-order valence-corrected chi connectivity index (χ0v) is 12.0. The summed E-state index contributed by atoms with van der Waals surface area (Å²) >= 11 is 0. The number of hydrogen-bond acceptors (Lipinski definition) is 2. The fourth-order valence-electron chi connectivity index (χ4n) is 2.58. The highest BCUT2D eigenvalue weighted by Gasteiger charge is 2.12. The Kier molecular flexibility index (Phi) is 3.22. The van der Waals surface area contributed by atoms with Gasteiger partial charge in [-0.05, 0) is 49.2 Å². The van der Waals surface area contributed by atoms with Crippen LogP contribution in [0.25, 0.3) is 16.7 Å². The van der Waals surface area contributed by atoms with Crippen molar-refractivity contribution in [2.24, 2.45) is 0 Å². The molecule has 2 aromatic carbocycles. The highest BCUT2D eigenvalue weighted by atomic mass is 16.4. The van der Waals surface area contributed by atoms with Crippen molar-refractivity contribution in [3.05, 3.63) is 59.4 Å². The number of nitrogens with zero attached hydrogens (tertiary/aromatic N) is 2. The van der Waals surface area contributed by atoms with Crippen molar-refractivity contribution in [1.82, 2.24) is 9.55 Å². The molecule has 0 atom stereocenters. The number of carboxylic acid groups (broad SMARTS) is 1. The summed E-state index contributed by atoms with van der Waals surface area (Å²) in [7, 11) is 0. The first-order valence-electron chi connectivity index (χ1n) is 6.92. The molecule has 1 aromatic heterocycles. The molecule has 106 valence electrons. The maximum absolute atomic E-state index is 11.1. The van der Waals surface area contributed by atoms with E-state index in [1.165, 1.54) is 5.56 Å². The number of hydrogen-bond donors (Lipinski definition) is 1. The van der Waals surface area contributed by atoms with E-state index in [1.807, 2.05) is 25.1 Å². The first-order valence-corrected chi connectivity index (χ1v) is 6.92. The van der Waals surface area contributed by atoms with Gasteiger partial charge < -0.3 is 5.11 Å². The quantitative estimate of drug-likeness (QED) is 0.797. The minimum atomic E-state index is -0.933. The largest absolute Gasteiger partial charge is 0.478 e. The second-order valence-electron chi connectivity index (χ2n) is 5.03. The zero-order valence-electron chi connectivity index (χ0n) is 12.0. The van der Waals surface area contributed by atoms with E-state index >= 15 is 0 Å². The first kappa shape index (κ1) is 13.4. The molecule has 0 aliphatic heterocycles. The number of fused-ring (bicyclic) bond motifs is 1. The van der Waals surface area contributed by atoms with E-state index in [-0.39, 0.29) is 5.56 Å². The normalized spacial score (nSPS) is 11.0. The van der Waals surface area contributed by atoms with Gasteiger partial charge in [-0.25, -0.2) is 9.78 Å². The van der Waals surface area contributed by atoms with Crippen LogP contribution < -0.4 is 0 Å². The summed E-state index contributed by atoms with van der Waals surface area (Å²) in [6.07, 6.45) is 0.975. The lowest BCUT2D eigenvalue weighted by Crippen LogP contribution is -1.98. The van der Waals surface area contributed by atoms with Gasteiger partial charge in [-0.3, -0.25) is 4.57 Å². The van der Waals surface area contributed by atoms with Crippen LogP contribution in [0.15, 0.2) is 42.5 Å². The Labute approximate surface area is 122 Å². The van der Waals surface area contributed by atoms with E-state index in [9.17, 15) is 4.79 Å². The number of rotatable bonds is 3. The van der Waals surface area contributed by atoms with E-state index in [1.54, 1.807) is 12.1 Å². The molecule has 0 saturated carbocycles. The molecule has 4 heteroatoms. The lowest BCUT2D eigenvalue weighted by Gasteiger charge is -2.08. The van der Waals surface area contributed by atoms with Crippen molar-refractivity contribution in [3.63, 3.8) is 0 Å². The maximum Gasteiger partial charge on any atom is 0.335 e. The van der Waals surface area contributed by atoms with E-state index in [4.69, 9.17) is 5.11 Å². The van der Waals surface area contributed by atoms with Crippen LogP contribution >= 0.6 is 0 Å². The highest BCUT2D eigenvalue weighted by Crippen LogP contribution is 2.23. The van der Waals surface area contributed by atoms with Gasteiger partial charge in [-0.1, -0.05) is 19.1 Å². The molecule has 21 heavy (non-hydrogen) atoms. The van der Waals surface area contributed by atoms with E-state index in [2.05, 4.69) is 28.6 Å². The van der Waals surface area contributed by atoms with Crippen molar-refractivity contribution in [2.75, 3.05) is 0 Å². The molecule has 1 heterocycles. The zero-order chi connectivity index (χ0) is 15.0. The Balaban J connectivity index is 2.22. The third-order valence-corrected chi connectivity index (χ3v) is 3.65. The van der Waals surface area contributed by atoms with Crippen LogP contribution in [0, 0.1) is 6.92 Å². The smallest absolute Gasteiger partial charge is 0.335 e. The summed E-state index contributed by atoms with van der Waals surface area (Å²) < 4.78 is 2.06. The van der Waals surface area contributed by atoms with Gasteiger partial charge in [-0.2, -0.15) is 0 Å². The van der Waals surface area contributed by atoms with Crippen LogP contribution in [0.3, 0.4) is 0 Å². The van der Waals surface area contributed by atoms with Crippen LogP contribution in [0.1, 0.15) is 28.7 Å². The molecule has 0 bridgehead atoms. The average Bonchev–Trinajstić information content (AvgIpc) is 2.82.